The van der Waals surface area contributed by atoms with Crippen molar-refractivity contribution >= 4 is 0 Å². The number of hydrogen-bond acceptors (Lipinski definition) is 0. The molecule has 110 valence electrons. The molecule has 0 nitrogen and oxygen atoms in total. The first kappa shape index (κ1) is 16.8. The number of rotatable bonds is 7. The fraction of sp³-hybridized carbons (Fsp3) is 0.500. The molecule has 0 heterocycles. The molecule has 0 saturated heterocycles. The summed E-state index contributed by atoms with van der Waals surface area (Å²) in [5.41, 5.74) is 5.16. The summed E-state index contributed by atoms with van der Waals surface area (Å²) >= 11 is 0. The third kappa shape index (κ3) is 5.77. The molecule has 1 atom stereocenters. The van der Waals surface area contributed by atoms with Crippen LogP contribution in [-0.2, 0) is 0 Å². The van der Waals surface area contributed by atoms with E-state index in [1.807, 2.05) is 13.0 Å². The first-order chi connectivity index (χ1) is 9.40. The molecular weight excluding hydrogens is 240 g/mol. The van der Waals surface area contributed by atoms with E-state index in [0.29, 0.717) is 0 Å². The average Bonchev–Trinajstić information content (AvgIpc) is 2.42. The molecule has 0 saturated carbocycles. The van der Waals surface area contributed by atoms with Crippen molar-refractivity contribution in [3.05, 3.63) is 59.8 Å². The van der Waals surface area contributed by atoms with E-state index < -0.39 is 0 Å². The molecule has 0 aromatic carbocycles. The summed E-state index contributed by atoms with van der Waals surface area (Å²) in [5.74, 6) is 1.52. The first-order valence-electron chi connectivity index (χ1n) is 7.82. The molecule has 1 rings (SSSR count). The largest absolute Gasteiger partial charge is 0.0961 e. The molecule has 0 spiro atoms. The van der Waals surface area contributed by atoms with Gasteiger partial charge in [-0.05, 0) is 49.2 Å². The zero-order valence-electron chi connectivity index (χ0n) is 13.7. The van der Waals surface area contributed by atoms with Gasteiger partial charge in [-0.25, -0.2) is 0 Å². The lowest BCUT2D eigenvalue weighted by atomic mass is 9.85. The van der Waals surface area contributed by atoms with Crippen LogP contribution in [-0.4, -0.2) is 0 Å². The molecule has 20 heavy (non-hydrogen) atoms. The van der Waals surface area contributed by atoms with Gasteiger partial charge < -0.3 is 0 Å². The van der Waals surface area contributed by atoms with E-state index in [-0.39, 0.29) is 0 Å². The van der Waals surface area contributed by atoms with Crippen LogP contribution in [0.5, 0.6) is 0 Å². The fourth-order valence-electron chi connectivity index (χ4n) is 2.45. The van der Waals surface area contributed by atoms with Crippen molar-refractivity contribution in [3.8, 4) is 0 Å². The summed E-state index contributed by atoms with van der Waals surface area (Å²) in [5, 5.41) is 0. The number of hydrogen-bond donors (Lipinski definition) is 0. The molecule has 0 bridgehead atoms. The Morgan fingerprint density at radius 2 is 1.80 bits per heavy atom. The Hall–Kier alpha value is -1.30. The lowest BCUT2D eigenvalue weighted by Gasteiger charge is -2.21. The predicted octanol–water partition coefficient (Wildman–Crippen LogP) is 6.39. The lowest BCUT2D eigenvalue weighted by molar-refractivity contribution is 0.480. The summed E-state index contributed by atoms with van der Waals surface area (Å²) in [7, 11) is 0. The summed E-state index contributed by atoms with van der Waals surface area (Å²) in [6.45, 7) is 17.0. The monoisotopic (exact) mass is 270 g/mol. The van der Waals surface area contributed by atoms with Gasteiger partial charge in [-0.3, -0.25) is 0 Å². The smallest absolute Gasteiger partial charge is 0.0228 e. The molecule has 0 N–H and O–H groups in total. The molecular formula is C20H30. The van der Waals surface area contributed by atoms with E-state index >= 15 is 0 Å². The predicted molar refractivity (Wildman–Crippen MR) is 91.7 cm³/mol. The molecule has 1 aliphatic rings. The van der Waals surface area contributed by atoms with E-state index in [0.717, 1.165) is 29.4 Å². The van der Waals surface area contributed by atoms with E-state index in [9.17, 15) is 0 Å². The summed E-state index contributed by atoms with van der Waals surface area (Å²) in [4.78, 5) is 0. The minimum Gasteiger partial charge on any atom is -0.0961 e. The zero-order chi connectivity index (χ0) is 15.1. The van der Waals surface area contributed by atoms with Crippen LogP contribution in [0.25, 0.3) is 0 Å². The molecule has 0 aromatic heterocycles. The first-order valence-corrected chi connectivity index (χ1v) is 7.82. The Morgan fingerprint density at radius 3 is 2.30 bits per heavy atom. The van der Waals surface area contributed by atoms with Gasteiger partial charge in [-0.15, -0.1) is 0 Å². The van der Waals surface area contributed by atoms with Crippen molar-refractivity contribution in [1.29, 1.82) is 0 Å². The molecule has 0 aliphatic heterocycles. The minimum absolute atomic E-state index is 0.717. The number of allylic oxidation sites excluding steroid dienone is 8. The Morgan fingerprint density at radius 1 is 1.10 bits per heavy atom. The van der Waals surface area contributed by atoms with Crippen LogP contribution in [0.15, 0.2) is 59.8 Å². The summed E-state index contributed by atoms with van der Waals surface area (Å²) in [6, 6.07) is 0. The summed E-state index contributed by atoms with van der Waals surface area (Å²) < 4.78 is 0. The van der Waals surface area contributed by atoms with E-state index in [4.69, 9.17) is 0 Å². The Labute approximate surface area is 125 Å². The van der Waals surface area contributed by atoms with Crippen LogP contribution in [0.1, 0.15) is 53.4 Å². The standard InChI is InChI=1S/C20H30/c1-15(2)7-9-17(5)19-11-13-20(14-12-19)18(6)10-8-16(3)4/h7,9,11,13,16,18H,1,5,8,10,12,14H2,2-4,6H3/b9-7-. The van der Waals surface area contributed by atoms with Crippen LogP contribution >= 0.6 is 0 Å². The third-order valence-electron chi connectivity index (χ3n) is 3.97. The average molecular weight is 270 g/mol. The van der Waals surface area contributed by atoms with Gasteiger partial charge in [-0.1, -0.05) is 75.8 Å². The van der Waals surface area contributed by atoms with Crippen molar-refractivity contribution in [2.75, 3.05) is 0 Å². The van der Waals surface area contributed by atoms with Gasteiger partial charge in [0.1, 0.15) is 0 Å². The van der Waals surface area contributed by atoms with Crippen LogP contribution in [0.3, 0.4) is 0 Å². The molecule has 0 radical (unpaired) electrons. The van der Waals surface area contributed by atoms with Gasteiger partial charge in [0, 0.05) is 0 Å². The maximum absolute atomic E-state index is 4.15. The quantitative estimate of drug-likeness (QED) is 0.470. The van der Waals surface area contributed by atoms with E-state index in [2.05, 4.69) is 52.2 Å². The van der Waals surface area contributed by atoms with Crippen molar-refractivity contribution in [3.63, 3.8) is 0 Å². The maximum Gasteiger partial charge on any atom is -0.0228 e. The van der Waals surface area contributed by atoms with Crippen LogP contribution < -0.4 is 0 Å². The second kappa shape index (κ2) is 8.09. The highest BCUT2D eigenvalue weighted by molar-refractivity contribution is 5.43. The molecule has 0 fully saturated rings. The van der Waals surface area contributed by atoms with Gasteiger partial charge in [-0.2, -0.15) is 0 Å². The van der Waals surface area contributed by atoms with Gasteiger partial charge >= 0.3 is 0 Å². The summed E-state index contributed by atoms with van der Waals surface area (Å²) in [6.07, 6.45) is 13.6. The van der Waals surface area contributed by atoms with Crippen molar-refractivity contribution < 1.29 is 0 Å². The van der Waals surface area contributed by atoms with E-state index in [1.165, 1.54) is 24.8 Å². The highest BCUT2D eigenvalue weighted by Crippen LogP contribution is 2.30. The van der Waals surface area contributed by atoms with Crippen molar-refractivity contribution in [2.24, 2.45) is 11.8 Å². The van der Waals surface area contributed by atoms with Gasteiger partial charge in [0.2, 0.25) is 0 Å². The normalized spacial score (nSPS) is 17.1. The molecule has 1 aliphatic carbocycles. The minimum atomic E-state index is 0.717. The SMILES string of the molecule is C=C(C)/C=C\C(=C)C1=CC=C(C(C)CCC(C)C)CC1. The van der Waals surface area contributed by atoms with Crippen molar-refractivity contribution in [2.45, 2.75) is 53.4 Å². The van der Waals surface area contributed by atoms with Gasteiger partial charge in [0.05, 0.1) is 0 Å². The Balaban J connectivity index is 2.61. The molecule has 0 aromatic rings. The second-order valence-corrected chi connectivity index (χ2v) is 6.51. The fourth-order valence-corrected chi connectivity index (χ4v) is 2.45. The van der Waals surface area contributed by atoms with Crippen LogP contribution in [0, 0.1) is 11.8 Å². The highest BCUT2D eigenvalue weighted by Gasteiger charge is 2.13. The lowest BCUT2D eigenvalue weighted by Crippen LogP contribution is -2.05. The topological polar surface area (TPSA) is 0 Å². The van der Waals surface area contributed by atoms with Crippen LogP contribution in [0.4, 0.5) is 0 Å². The molecule has 0 heteroatoms. The third-order valence-corrected chi connectivity index (χ3v) is 3.97. The van der Waals surface area contributed by atoms with Gasteiger partial charge in [0.25, 0.3) is 0 Å². The van der Waals surface area contributed by atoms with Crippen molar-refractivity contribution in [1.82, 2.24) is 0 Å². The molecule has 1 unspecified atom stereocenters. The highest BCUT2D eigenvalue weighted by atomic mass is 14.2. The molecule has 0 amide bonds. The van der Waals surface area contributed by atoms with E-state index in [1.54, 1.807) is 5.57 Å². The van der Waals surface area contributed by atoms with Crippen LogP contribution in [0.2, 0.25) is 0 Å². The van der Waals surface area contributed by atoms with Gasteiger partial charge in [0.15, 0.2) is 0 Å². The second-order valence-electron chi connectivity index (χ2n) is 6.51. The Kier molecular flexibility index (Phi) is 6.78. The Bertz CT molecular complexity index is 441. The zero-order valence-corrected chi connectivity index (χ0v) is 13.7. The maximum atomic E-state index is 4.15.